The molecule has 0 aromatic carbocycles. The van der Waals surface area contributed by atoms with Crippen molar-refractivity contribution in [3.8, 4) is 0 Å². The molecule has 2 heteroatoms. The monoisotopic (exact) mass is 208 g/mol. The number of hydrogen-bond acceptors (Lipinski definition) is 2. The van der Waals surface area contributed by atoms with Crippen LogP contribution in [-0.4, -0.2) is 17.8 Å². The summed E-state index contributed by atoms with van der Waals surface area (Å²) in [5.74, 6) is 1.14. The van der Waals surface area contributed by atoms with Gasteiger partial charge in [-0.2, -0.15) is 0 Å². The SMILES string of the molecule is COC1=CC(C2(O)CCCCC2)CC=C1. The van der Waals surface area contributed by atoms with Gasteiger partial charge in [0.1, 0.15) is 5.76 Å². The van der Waals surface area contributed by atoms with E-state index in [0.29, 0.717) is 0 Å². The molecule has 1 atom stereocenters. The van der Waals surface area contributed by atoms with Crippen molar-refractivity contribution in [1.29, 1.82) is 0 Å². The molecule has 1 unspecified atom stereocenters. The minimum absolute atomic E-state index is 0.248. The zero-order valence-electron chi connectivity index (χ0n) is 9.41. The third-order valence-corrected chi connectivity index (χ3v) is 3.68. The highest BCUT2D eigenvalue weighted by molar-refractivity contribution is 5.21. The van der Waals surface area contributed by atoms with Gasteiger partial charge in [0.15, 0.2) is 0 Å². The molecule has 0 amide bonds. The van der Waals surface area contributed by atoms with Crippen LogP contribution >= 0.6 is 0 Å². The summed E-state index contributed by atoms with van der Waals surface area (Å²) >= 11 is 0. The molecule has 2 nitrogen and oxygen atoms in total. The van der Waals surface area contributed by atoms with Crippen LogP contribution in [0.2, 0.25) is 0 Å². The van der Waals surface area contributed by atoms with Gasteiger partial charge in [0.25, 0.3) is 0 Å². The van der Waals surface area contributed by atoms with Crippen molar-refractivity contribution in [2.24, 2.45) is 5.92 Å². The highest BCUT2D eigenvalue weighted by Crippen LogP contribution is 2.38. The summed E-state index contributed by atoms with van der Waals surface area (Å²) in [7, 11) is 1.68. The Bertz CT molecular complexity index is 272. The molecular formula is C13H20O2. The minimum atomic E-state index is -0.479. The van der Waals surface area contributed by atoms with Crippen LogP contribution in [0.4, 0.5) is 0 Å². The van der Waals surface area contributed by atoms with E-state index in [2.05, 4.69) is 12.2 Å². The highest BCUT2D eigenvalue weighted by Gasteiger charge is 2.36. The average molecular weight is 208 g/mol. The second kappa shape index (κ2) is 4.40. The summed E-state index contributed by atoms with van der Waals surface area (Å²) in [6, 6.07) is 0. The van der Waals surface area contributed by atoms with Crippen LogP contribution < -0.4 is 0 Å². The van der Waals surface area contributed by atoms with E-state index in [4.69, 9.17) is 4.74 Å². The topological polar surface area (TPSA) is 29.5 Å². The standard InChI is InChI=1S/C13H20O2/c1-15-12-7-5-6-11(10-12)13(14)8-3-2-4-9-13/h5,7,10-11,14H,2-4,6,8-9H2,1H3. The number of rotatable bonds is 2. The molecular weight excluding hydrogens is 188 g/mol. The zero-order chi connectivity index (χ0) is 10.7. The molecule has 1 N–H and O–H groups in total. The molecule has 1 saturated carbocycles. The van der Waals surface area contributed by atoms with Gasteiger partial charge < -0.3 is 9.84 Å². The summed E-state index contributed by atoms with van der Waals surface area (Å²) in [6.07, 6.45) is 12.6. The molecule has 0 spiro atoms. The molecule has 1 fully saturated rings. The van der Waals surface area contributed by atoms with E-state index in [0.717, 1.165) is 37.9 Å². The Morgan fingerprint density at radius 3 is 2.73 bits per heavy atom. The van der Waals surface area contributed by atoms with Gasteiger partial charge in [-0.3, -0.25) is 0 Å². The van der Waals surface area contributed by atoms with Gasteiger partial charge in [-0.25, -0.2) is 0 Å². The van der Waals surface area contributed by atoms with Crippen LogP contribution in [0.1, 0.15) is 38.5 Å². The van der Waals surface area contributed by atoms with Crippen LogP contribution in [0.3, 0.4) is 0 Å². The lowest BCUT2D eigenvalue weighted by atomic mass is 9.73. The number of allylic oxidation sites excluding steroid dienone is 2. The van der Waals surface area contributed by atoms with Crippen molar-refractivity contribution < 1.29 is 9.84 Å². The lowest BCUT2D eigenvalue weighted by Crippen LogP contribution is -2.39. The summed E-state index contributed by atoms with van der Waals surface area (Å²) < 4.78 is 5.22. The van der Waals surface area contributed by atoms with Gasteiger partial charge in [0, 0.05) is 5.92 Å². The molecule has 0 aromatic rings. The third kappa shape index (κ3) is 2.25. The first-order valence-corrected chi connectivity index (χ1v) is 5.89. The Balaban J connectivity index is 2.09. The van der Waals surface area contributed by atoms with Crippen molar-refractivity contribution in [1.82, 2.24) is 0 Å². The van der Waals surface area contributed by atoms with E-state index in [1.807, 2.05) is 6.08 Å². The fraction of sp³-hybridized carbons (Fsp3) is 0.692. The smallest absolute Gasteiger partial charge is 0.114 e. The first-order chi connectivity index (χ1) is 7.24. The lowest BCUT2D eigenvalue weighted by molar-refractivity contribution is -0.0336. The first kappa shape index (κ1) is 10.7. The summed E-state index contributed by atoms with van der Waals surface area (Å²) in [4.78, 5) is 0. The van der Waals surface area contributed by atoms with E-state index in [9.17, 15) is 5.11 Å². The van der Waals surface area contributed by atoms with Crippen LogP contribution in [0.15, 0.2) is 24.0 Å². The van der Waals surface area contributed by atoms with Crippen molar-refractivity contribution >= 4 is 0 Å². The molecule has 2 rings (SSSR count). The van der Waals surface area contributed by atoms with E-state index in [1.165, 1.54) is 6.42 Å². The third-order valence-electron chi connectivity index (χ3n) is 3.68. The molecule has 15 heavy (non-hydrogen) atoms. The molecule has 0 radical (unpaired) electrons. The fourth-order valence-corrected chi connectivity index (χ4v) is 2.70. The van der Waals surface area contributed by atoms with E-state index in [1.54, 1.807) is 7.11 Å². The average Bonchev–Trinajstić information content (AvgIpc) is 2.30. The zero-order valence-corrected chi connectivity index (χ0v) is 9.41. The van der Waals surface area contributed by atoms with Crippen LogP contribution in [0.25, 0.3) is 0 Å². The predicted octanol–water partition coefficient (Wildman–Crippen LogP) is 2.79. The van der Waals surface area contributed by atoms with Gasteiger partial charge in [-0.1, -0.05) is 25.3 Å². The van der Waals surface area contributed by atoms with Crippen molar-refractivity contribution in [3.05, 3.63) is 24.0 Å². The first-order valence-electron chi connectivity index (χ1n) is 5.89. The molecule has 0 bridgehead atoms. The summed E-state index contributed by atoms with van der Waals surface area (Å²) in [6.45, 7) is 0. The molecule has 0 aliphatic heterocycles. The molecule has 2 aliphatic rings. The van der Waals surface area contributed by atoms with Gasteiger partial charge >= 0.3 is 0 Å². The van der Waals surface area contributed by atoms with E-state index < -0.39 is 5.60 Å². The molecule has 84 valence electrons. The Kier molecular flexibility index (Phi) is 3.15. The lowest BCUT2D eigenvalue weighted by Gasteiger charge is -2.38. The van der Waals surface area contributed by atoms with Gasteiger partial charge in [-0.05, 0) is 31.4 Å². The van der Waals surface area contributed by atoms with Crippen molar-refractivity contribution in [3.63, 3.8) is 0 Å². The van der Waals surface area contributed by atoms with Crippen LogP contribution in [0.5, 0.6) is 0 Å². The maximum atomic E-state index is 10.6. The molecule has 2 aliphatic carbocycles. The van der Waals surface area contributed by atoms with E-state index >= 15 is 0 Å². The molecule has 0 aromatic heterocycles. The largest absolute Gasteiger partial charge is 0.497 e. The quantitative estimate of drug-likeness (QED) is 0.756. The Morgan fingerprint density at radius 2 is 2.07 bits per heavy atom. The minimum Gasteiger partial charge on any atom is -0.497 e. The summed E-state index contributed by atoms with van der Waals surface area (Å²) in [5.41, 5.74) is -0.479. The Hall–Kier alpha value is -0.760. The van der Waals surface area contributed by atoms with Gasteiger partial charge in [0.2, 0.25) is 0 Å². The maximum Gasteiger partial charge on any atom is 0.114 e. The van der Waals surface area contributed by atoms with Gasteiger partial charge in [0.05, 0.1) is 12.7 Å². The number of methoxy groups -OCH3 is 1. The Labute approximate surface area is 91.6 Å². The number of aliphatic hydroxyl groups is 1. The maximum absolute atomic E-state index is 10.6. The Morgan fingerprint density at radius 1 is 1.33 bits per heavy atom. The number of ether oxygens (including phenoxy) is 1. The van der Waals surface area contributed by atoms with Crippen LogP contribution in [0, 0.1) is 5.92 Å². The normalized spacial score (nSPS) is 29.7. The predicted molar refractivity (Wildman–Crippen MR) is 60.4 cm³/mol. The van der Waals surface area contributed by atoms with E-state index in [-0.39, 0.29) is 5.92 Å². The molecule has 0 saturated heterocycles. The fourth-order valence-electron chi connectivity index (χ4n) is 2.70. The molecule has 0 heterocycles. The van der Waals surface area contributed by atoms with Crippen LogP contribution in [-0.2, 0) is 4.74 Å². The summed E-state index contributed by atoms with van der Waals surface area (Å²) in [5, 5.41) is 10.6. The number of hydrogen-bond donors (Lipinski definition) is 1. The van der Waals surface area contributed by atoms with Crippen molar-refractivity contribution in [2.45, 2.75) is 44.1 Å². The highest BCUT2D eigenvalue weighted by atomic mass is 16.5. The van der Waals surface area contributed by atoms with Gasteiger partial charge in [-0.15, -0.1) is 0 Å². The second-order valence-corrected chi connectivity index (χ2v) is 4.68. The van der Waals surface area contributed by atoms with Crippen molar-refractivity contribution in [2.75, 3.05) is 7.11 Å². The second-order valence-electron chi connectivity index (χ2n) is 4.68.